The number of carbonyl (C=O) groups excluding carboxylic acids is 2. The summed E-state index contributed by atoms with van der Waals surface area (Å²) in [5.74, 6) is 0.195. The number of phenolic OH excluding ortho intramolecular Hbond substituents is 1. The number of hydrogen-bond acceptors (Lipinski definition) is 4. The van der Waals surface area contributed by atoms with Gasteiger partial charge in [-0.05, 0) is 56.4 Å². The van der Waals surface area contributed by atoms with Gasteiger partial charge < -0.3 is 15.7 Å². The first-order valence-electron chi connectivity index (χ1n) is 12.0. The van der Waals surface area contributed by atoms with Crippen LogP contribution in [-0.2, 0) is 11.3 Å². The van der Waals surface area contributed by atoms with Crippen LogP contribution < -0.4 is 10.6 Å². The monoisotopic (exact) mass is 460 g/mol. The summed E-state index contributed by atoms with van der Waals surface area (Å²) in [7, 11) is 0. The van der Waals surface area contributed by atoms with Crippen molar-refractivity contribution in [3.05, 3.63) is 65.4 Å². The number of benzene rings is 2. The highest BCUT2D eigenvalue weighted by Crippen LogP contribution is 2.42. The molecule has 3 aromatic rings. The van der Waals surface area contributed by atoms with E-state index >= 15 is 0 Å². The third-order valence-corrected chi connectivity index (χ3v) is 6.35. The molecule has 2 amide bonds. The number of nitrogens with one attached hydrogen (secondary N) is 2. The summed E-state index contributed by atoms with van der Waals surface area (Å²) in [6.07, 6.45) is 3.56. The van der Waals surface area contributed by atoms with E-state index < -0.39 is 0 Å². The number of rotatable bonds is 8. The van der Waals surface area contributed by atoms with Gasteiger partial charge in [0.05, 0.1) is 11.4 Å². The minimum Gasteiger partial charge on any atom is -0.507 e. The van der Waals surface area contributed by atoms with E-state index in [1.54, 1.807) is 12.1 Å². The van der Waals surface area contributed by atoms with E-state index in [-0.39, 0.29) is 23.6 Å². The Morgan fingerprint density at radius 3 is 2.53 bits per heavy atom. The first-order valence-corrected chi connectivity index (χ1v) is 12.0. The quantitative estimate of drug-likeness (QED) is 0.409. The van der Waals surface area contributed by atoms with Gasteiger partial charge in [0.2, 0.25) is 5.91 Å². The van der Waals surface area contributed by atoms with Crippen molar-refractivity contribution in [3.63, 3.8) is 0 Å². The van der Waals surface area contributed by atoms with Gasteiger partial charge in [-0.25, -0.2) is 4.79 Å². The Kier molecular flexibility index (Phi) is 7.01. The smallest absolute Gasteiger partial charge is 0.342 e. The maximum Gasteiger partial charge on any atom is 0.342 e. The van der Waals surface area contributed by atoms with Crippen molar-refractivity contribution in [2.45, 2.75) is 58.9 Å². The zero-order chi connectivity index (χ0) is 24.2. The molecule has 1 fully saturated rings. The summed E-state index contributed by atoms with van der Waals surface area (Å²) in [5.41, 5.74) is 4.60. The number of aromatic hydroxyl groups is 1. The molecule has 2 aromatic carbocycles. The minimum atomic E-state index is -0.289. The third-order valence-electron chi connectivity index (χ3n) is 6.35. The number of anilines is 1. The number of nitrogens with zero attached hydrogens (tertiary/aromatic N) is 2. The normalized spacial score (nSPS) is 13.2. The lowest BCUT2D eigenvalue weighted by atomic mass is 10.0. The molecule has 1 saturated carbocycles. The number of phenols is 1. The van der Waals surface area contributed by atoms with E-state index in [0.29, 0.717) is 29.4 Å². The highest BCUT2D eigenvalue weighted by molar-refractivity contribution is 5.93. The lowest BCUT2D eigenvalue weighted by molar-refractivity contribution is -0.120. The maximum atomic E-state index is 13.0. The van der Waals surface area contributed by atoms with E-state index in [1.807, 2.05) is 51.1 Å². The van der Waals surface area contributed by atoms with Crippen LogP contribution in [0.25, 0.3) is 11.3 Å². The molecule has 1 heterocycles. The van der Waals surface area contributed by atoms with Gasteiger partial charge in [-0.1, -0.05) is 43.7 Å². The van der Waals surface area contributed by atoms with Gasteiger partial charge in [0.1, 0.15) is 5.75 Å². The minimum absolute atomic E-state index is 0.00881. The average molecular weight is 461 g/mol. The standard InChI is InChI=1S/C27H32N4O3/c1-4-19(5-2)26(33)29-21-11-12-22(25(32)14-21)23-15-24(20-9-10-20)31(30-23)27(34)28-16-18-8-6-7-17(3)13-18/h6-8,11-15,19-20,32H,4-5,9-10,16H2,1-3H3,(H,28,34)(H,29,33). The molecule has 1 aromatic heterocycles. The Labute approximate surface area is 200 Å². The summed E-state index contributed by atoms with van der Waals surface area (Å²) >= 11 is 0. The zero-order valence-electron chi connectivity index (χ0n) is 20.0. The van der Waals surface area contributed by atoms with Crippen LogP contribution in [0.5, 0.6) is 5.75 Å². The lowest BCUT2D eigenvalue weighted by Crippen LogP contribution is -2.30. The Bertz CT molecular complexity index is 1190. The Morgan fingerprint density at radius 1 is 1.12 bits per heavy atom. The van der Waals surface area contributed by atoms with Crippen molar-refractivity contribution in [1.29, 1.82) is 0 Å². The topological polar surface area (TPSA) is 96.3 Å². The largest absolute Gasteiger partial charge is 0.507 e. The van der Waals surface area contributed by atoms with Crippen LogP contribution in [0.4, 0.5) is 10.5 Å². The fraction of sp³-hybridized carbons (Fsp3) is 0.370. The first-order chi connectivity index (χ1) is 16.4. The van der Waals surface area contributed by atoms with Crippen molar-refractivity contribution in [2.24, 2.45) is 5.92 Å². The molecule has 178 valence electrons. The van der Waals surface area contributed by atoms with Gasteiger partial charge in [0.15, 0.2) is 0 Å². The van der Waals surface area contributed by atoms with Crippen LogP contribution in [0.1, 0.15) is 62.3 Å². The van der Waals surface area contributed by atoms with Crippen LogP contribution in [0.3, 0.4) is 0 Å². The highest BCUT2D eigenvalue weighted by atomic mass is 16.3. The Hall–Kier alpha value is -3.61. The number of aryl methyl sites for hydroxylation is 1. The molecule has 0 bridgehead atoms. The second-order valence-corrected chi connectivity index (χ2v) is 9.02. The summed E-state index contributed by atoms with van der Waals surface area (Å²) in [6, 6.07) is 14.6. The van der Waals surface area contributed by atoms with E-state index in [2.05, 4.69) is 15.7 Å². The Morgan fingerprint density at radius 2 is 1.88 bits per heavy atom. The van der Waals surface area contributed by atoms with E-state index in [4.69, 9.17) is 0 Å². The summed E-state index contributed by atoms with van der Waals surface area (Å²) in [4.78, 5) is 25.3. The number of aromatic nitrogens is 2. The van der Waals surface area contributed by atoms with Crippen LogP contribution in [0, 0.1) is 12.8 Å². The zero-order valence-corrected chi connectivity index (χ0v) is 20.0. The molecular weight excluding hydrogens is 428 g/mol. The van der Waals surface area contributed by atoms with E-state index in [0.717, 1.165) is 42.5 Å². The third kappa shape index (κ3) is 5.30. The number of hydrogen-bond donors (Lipinski definition) is 3. The molecule has 3 N–H and O–H groups in total. The molecule has 0 radical (unpaired) electrons. The van der Waals surface area contributed by atoms with Crippen LogP contribution in [0.15, 0.2) is 48.5 Å². The SMILES string of the molecule is CCC(CC)C(=O)Nc1ccc(-c2cc(C3CC3)n(C(=O)NCc3cccc(C)c3)n2)c(O)c1. The number of carbonyl (C=O) groups is 2. The summed E-state index contributed by atoms with van der Waals surface area (Å²) in [5, 5.41) is 21.0. The van der Waals surface area contributed by atoms with Crippen molar-refractivity contribution < 1.29 is 14.7 Å². The predicted octanol–water partition coefficient (Wildman–Crippen LogP) is 5.57. The molecule has 1 aliphatic carbocycles. The highest BCUT2D eigenvalue weighted by Gasteiger charge is 2.30. The molecule has 0 atom stereocenters. The van der Waals surface area contributed by atoms with Crippen molar-refractivity contribution >= 4 is 17.6 Å². The van der Waals surface area contributed by atoms with Gasteiger partial charge in [0.25, 0.3) is 0 Å². The van der Waals surface area contributed by atoms with Crippen molar-refractivity contribution in [2.75, 3.05) is 5.32 Å². The molecule has 0 aliphatic heterocycles. The number of amides is 2. The molecule has 1 aliphatic rings. The molecule has 7 nitrogen and oxygen atoms in total. The molecule has 34 heavy (non-hydrogen) atoms. The fourth-order valence-corrected chi connectivity index (χ4v) is 4.16. The summed E-state index contributed by atoms with van der Waals surface area (Å²) in [6.45, 7) is 6.40. The van der Waals surface area contributed by atoms with E-state index in [1.165, 1.54) is 10.7 Å². The second kappa shape index (κ2) is 10.1. The molecular formula is C27H32N4O3. The molecule has 7 heteroatoms. The van der Waals surface area contributed by atoms with Crippen LogP contribution in [-0.4, -0.2) is 26.8 Å². The summed E-state index contributed by atoms with van der Waals surface area (Å²) < 4.78 is 1.42. The van der Waals surface area contributed by atoms with Crippen LogP contribution in [0.2, 0.25) is 0 Å². The predicted molar refractivity (Wildman–Crippen MR) is 133 cm³/mol. The van der Waals surface area contributed by atoms with Crippen molar-refractivity contribution in [1.82, 2.24) is 15.1 Å². The van der Waals surface area contributed by atoms with Gasteiger partial charge in [-0.15, -0.1) is 0 Å². The first kappa shape index (κ1) is 23.5. The molecule has 0 unspecified atom stereocenters. The maximum absolute atomic E-state index is 13.0. The molecule has 0 saturated heterocycles. The van der Waals surface area contributed by atoms with Gasteiger partial charge >= 0.3 is 6.03 Å². The fourth-order valence-electron chi connectivity index (χ4n) is 4.16. The van der Waals surface area contributed by atoms with Crippen LogP contribution >= 0.6 is 0 Å². The van der Waals surface area contributed by atoms with E-state index in [9.17, 15) is 14.7 Å². The molecule has 4 rings (SSSR count). The Balaban J connectivity index is 1.53. The van der Waals surface area contributed by atoms with Gasteiger partial charge in [0, 0.05) is 35.7 Å². The lowest BCUT2D eigenvalue weighted by Gasteiger charge is -2.13. The van der Waals surface area contributed by atoms with Crippen molar-refractivity contribution in [3.8, 4) is 17.0 Å². The second-order valence-electron chi connectivity index (χ2n) is 9.02. The average Bonchev–Trinajstić information content (AvgIpc) is 3.57. The van der Waals surface area contributed by atoms with Gasteiger partial charge in [-0.2, -0.15) is 9.78 Å². The molecule has 0 spiro atoms. The van der Waals surface area contributed by atoms with Gasteiger partial charge in [-0.3, -0.25) is 4.79 Å².